The van der Waals surface area contributed by atoms with Crippen LogP contribution in [0.5, 0.6) is 0 Å². The summed E-state index contributed by atoms with van der Waals surface area (Å²) < 4.78 is 21.8. The highest BCUT2D eigenvalue weighted by molar-refractivity contribution is 5.92. The van der Waals surface area contributed by atoms with Gasteiger partial charge in [-0.1, -0.05) is 19.8 Å². The van der Waals surface area contributed by atoms with E-state index in [4.69, 9.17) is 4.42 Å². The number of halogens is 1. The molecule has 1 aromatic carbocycles. The van der Waals surface area contributed by atoms with Gasteiger partial charge in [-0.3, -0.25) is 9.69 Å². The number of hydrogen-bond donors (Lipinski definition) is 1. The van der Waals surface area contributed by atoms with Crippen LogP contribution in [0.4, 0.5) is 4.39 Å². The third-order valence-corrected chi connectivity index (χ3v) is 7.32. The van der Waals surface area contributed by atoms with E-state index in [0.29, 0.717) is 24.1 Å². The molecule has 35 heavy (non-hydrogen) atoms. The Labute approximate surface area is 205 Å². The Morgan fingerprint density at radius 1 is 1.06 bits per heavy atom. The lowest BCUT2D eigenvalue weighted by molar-refractivity contribution is 0.0911. The molecule has 1 amide bonds. The molecule has 0 bridgehead atoms. The van der Waals surface area contributed by atoms with Crippen molar-refractivity contribution in [3.05, 3.63) is 54.3 Å². The Hall–Kier alpha value is -2.97. The number of benzene rings is 1. The van der Waals surface area contributed by atoms with Crippen LogP contribution in [0.1, 0.15) is 49.2 Å². The van der Waals surface area contributed by atoms with Crippen LogP contribution < -0.4 is 5.32 Å². The second-order valence-corrected chi connectivity index (χ2v) is 9.49. The average Bonchev–Trinajstić information content (AvgIpc) is 3.65. The highest BCUT2D eigenvalue weighted by Gasteiger charge is 2.26. The van der Waals surface area contributed by atoms with Gasteiger partial charge in [0, 0.05) is 50.9 Å². The molecule has 1 saturated heterocycles. The Morgan fingerprint density at radius 2 is 1.77 bits per heavy atom. The van der Waals surface area contributed by atoms with Crippen molar-refractivity contribution >= 4 is 5.91 Å². The van der Waals surface area contributed by atoms with Gasteiger partial charge in [0.05, 0.1) is 12.0 Å². The zero-order chi connectivity index (χ0) is 24.2. The van der Waals surface area contributed by atoms with Crippen LogP contribution in [0.3, 0.4) is 0 Å². The van der Waals surface area contributed by atoms with Gasteiger partial charge >= 0.3 is 0 Å². The molecule has 186 valence electrons. The fourth-order valence-corrected chi connectivity index (χ4v) is 5.21. The lowest BCUT2D eigenvalue weighted by atomic mass is 10.1. The van der Waals surface area contributed by atoms with E-state index in [1.807, 2.05) is 12.4 Å². The molecule has 7 nitrogen and oxygen atoms in total. The minimum Gasteiger partial charge on any atom is -0.449 e. The van der Waals surface area contributed by atoms with Crippen LogP contribution in [0.25, 0.3) is 22.7 Å². The van der Waals surface area contributed by atoms with E-state index in [9.17, 15) is 9.18 Å². The van der Waals surface area contributed by atoms with Gasteiger partial charge in [-0.25, -0.2) is 9.37 Å². The molecule has 8 heteroatoms. The van der Waals surface area contributed by atoms with E-state index >= 15 is 0 Å². The molecule has 5 rings (SSSR count). The maximum Gasteiger partial charge on any atom is 0.287 e. The molecule has 1 N–H and O–H groups in total. The molecule has 2 fully saturated rings. The highest BCUT2D eigenvalue weighted by Crippen LogP contribution is 2.39. The Kier molecular flexibility index (Phi) is 7.29. The highest BCUT2D eigenvalue weighted by atomic mass is 19.1. The number of rotatable bonds is 8. The topological polar surface area (TPSA) is 66.5 Å². The van der Waals surface area contributed by atoms with Gasteiger partial charge in [-0.15, -0.1) is 0 Å². The molecule has 2 aromatic heterocycles. The molecule has 0 spiro atoms. The monoisotopic (exact) mass is 479 g/mol. The van der Waals surface area contributed by atoms with Gasteiger partial charge in [0.2, 0.25) is 0 Å². The number of likely N-dealkylation sites (N-methyl/N-ethyl adjacent to an activating group) is 1. The minimum atomic E-state index is -0.283. The van der Waals surface area contributed by atoms with Gasteiger partial charge in [0.1, 0.15) is 11.5 Å². The number of carbonyl (C=O) groups is 1. The zero-order valence-electron chi connectivity index (χ0n) is 20.4. The lowest BCUT2D eigenvalue weighted by Crippen LogP contribution is -2.48. The number of piperazine rings is 1. The first-order valence-corrected chi connectivity index (χ1v) is 12.8. The van der Waals surface area contributed by atoms with E-state index in [0.717, 1.165) is 69.1 Å². The van der Waals surface area contributed by atoms with Gasteiger partial charge in [-0.2, -0.15) is 0 Å². The summed E-state index contributed by atoms with van der Waals surface area (Å²) in [5.74, 6) is 0.406. The van der Waals surface area contributed by atoms with Crippen molar-refractivity contribution in [2.24, 2.45) is 0 Å². The summed E-state index contributed by atoms with van der Waals surface area (Å²) in [7, 11) is 0. The Balaban J connectivity index is 1.30. The Bertz CT molecular complexity index is 1120. The van der Waals surface area contributed by atoms with Crippen molar-refractivity contribution in [3.63, 3.8) is 0 Å². The summed E-state index contributed by atoms with van der Waals surface area (Å²) >= 11 is 0. The van der Waals surface area contributed by atoms with Crippen molar-refractivity contribution in [1.82, 2.24) is 24.7 Å². The molecular formula is C27H34FN5O2. The number of hydrogen-bond acceptors (Lipinski definition) is 5. The summed E-state index contributed by atoms with van der Waals surface area (Å²) in [6.07, 6.45) is 6.41. The average molecular weight is 480 g/mol. The third-order valence-electron chi connectivity index (χ3n) is 7.32. The first-order valence-electron chi connectivity index (χ1n) is 12.8. The number of nitrogens with one attached hydrogen (secondary N) is 1. The van der Waals surface area contributed by atoms with Crippen molar-refractivity contribution in [3.8, 4) is 22.7 Å². The minimum absolute atomic E-state index is 0.210. The smallest absolute Gasteiger partial charge is 0.287 e. The van der Waals surface area contributed by atoms with Crippen molar-refractivity contribution in [2.75, 3.05) is 45.8 Å². The second-order valence-electron chi connectivity index (χ2n) is 9.49. The summed E-state index contributed by atoms with van der Waals surface area (Å²) in [5.41, 5.74) is 2.41. The summed E-state index contributed by atoms with van der Waals surface area (Å²) in [6, 6.07) is 10.3. The van der Waals surface area contributed by atoms with Gasteiger partial charge in [-0.05, 0) is 55.8 Å². The zero-order valence-corrected chi connectivity index (χ0v) is 20.4. The number of nitrogens with zero attached hydrogens (tertiary/aromatic N) is 4. The predicted octanol–water partition coefficient (Wildman–Crippen LogP) is 4.43. The summed E-state index contributed by atoms with van der Waals surface area (Å²) in [5, 5.41) is 3.00. The SMILES string of the molecule is CCN1CCN(CCNC(=O)c2ccc(-c3c(-c4ccc(F)cc4)ncn3C3CCCC3)o2)CC1. The molecule has 0 radical (unpaired) electrons. The molecule has 1 aliphatic carbocycles. The standard InChI is InChI=1S/C27H34FN5O2/c1-2-31-15-17-32(18-16-31)14-13-29-27(34)24-12-11-23(35-24)26-25(20-7-9-21(28)10-8-20)30-19-33(26)22-5-3-4-6-22/h7-12,19,22H,2-6,13-18H2,1H3,(H,29,34). The van der Waals surface area contributed by atoms with Crippen molar-refractivity contribution in [2.45, 2.75) is 38.6 Å². The first-order chi connectivity index (χ1) is 17.1. The number of imidazole rings is 1. The molecule has 3 heterocycles. The second kappa shape index (κ2) is 10.7. The first kappa shape index (κ1) is 23.8. The molecule has 3 aromatic rings. The molecule has 0 unspecified atom stereocenters. The van der Waals surface area contributed by atoms with E-state index in [1.54, 1.807) is 18.2 Å². The van der Waals surface area contributed by atoms with Crippen molar-refractivity contribution in [1.29, 1.82) is 0 Å². The fourth-order valence-electron chi connectivity index (χ4n) is 5.21. The number of amides is 1. The van der Waals surface area contributed by atoms with Crippen LogP contribution in [0.15, 0.2) is 47.1 Å². The van der Waals surface area contributed by atoms with Crippen LogP contribution in [-0.4, -0.2) is 71.1 Å². The quantitative estimate of drug-likeness (QED) is 0.518. The van der Waals surface area contributed by atoms with Crippen LogP contribution >= 0.6 is 0 Å². The number of carbonyl (C=O) groups excluding carboxylic acids is 1. The van der Waals surface area contributed by atoms with Crippen LogP contribution in [0, 0.1) is 5.82 Å². The Morgan fingerprint density at radius 3 is 2.49 bits per heavy atom. The van der Waals surface area contributed by atoms with Crippen LogP contribution in [0.2, 0.25) is 0 Å². The maximum atomic E-state index is 13.5. The van der Waals surface area contributed by atoms with Gasteiger partial charge in [0.15, 0.2) is 11.5 Å². The van der Waals surface area contributed by atoms with E-state index in [-0.39, 0.29) is 11.7 Å². The van der Waals surface area contributed by atoms with E-state index in [1.165, 1.54) is 25.0 Å². The van der Waals surface area contributed by atoms with Crippen LogP contribution in [-0.2, 0) is 0 Å². The molecule has 1 aliphatic heterocycles. The maximum absolute atomic E-state index is 13.5. The lowest BCUT2D eigenvalue weighted by Gasteiger charge is -2.33. The predicted molar refractivity (Wildman–Crippen MR) is 134 cm³/mol. The normalized spacial score (nSPS) is 17.8. The molecule has 2 aliphatic rings. The number of furan rings is 1. The van der Waals surface area contributed by atoms with E-state index in [2.05, 4.69) is 31.6 Å². The fraction of sp³-hybridized carbons (Fsp3) is 0.481. The largest absolute Gasteiger partial charge is 0.449 e. The van der Waals surface area contributed by atoms with Gasteiger partial charge < -0.3 is 19.2 Å². The van der Waals surface area contributed by atoms with Gasteiger partial charge in [0.25, 0.3) is 5.91 Å². The molecule has 0 atom stereocenters. The van der Waals surface area contributed by atoms with Crippen molar-refractivity contribution < 1.29 is 13.6 Å². The number of aromatic nitrogens is 2. The van der Waals surface area contributed by atoms with E-state index < -0.39 is 0 Å². The molecular weight excluding hydrogens is 445 g/mol. The third kappa shape index (κ3) is 5.33. The molecule has 1 saturated carbocycles. The summed E-state index contributed by atoms with van der Waals surface area (Å²) in [6.45, 7) is 8.93. The summed E-state index contributed by atoms with van der Waals surface area (Å²) in [4.78, 5) is 22.3.